The van der Waals surface area contributed by atoms with Crippen LogP contribution in [0.1, 0.15) is 10.4 Å². The Morgan fingerprint density at radius 3 is 2.41 bits per heavy atom. The van der Waals surface area contributed by atoms with Gasteiger partial charge in [-0.15, -0.1) is 0 Å². The second-order valence-electron chi connectivity index (χ2n) is 4.86. The molecule has 110 valence electrons. The van der Waals surface area contributed by atoms with Crippen molar-refractivity contribution >= 4 is 22.4 Å². The lowest BCUT2D eigenvalue weighted by Gasteiger charge is -2.11. The summed E-state index contributed by atoms with van der Waals surface area (Å²) in [4.78, 5) is 12.4. The van der Waals surface area contributed by atoms with Crippen LogP contribution in [0.4, 0.5) is 10.1 Å². The average Bonchev–Trinajstić information content (AvgIpc) is 2.53. The van der Waals surface area contributed by atoms with E-state index in [2.05, 4.69) is 5.32 Å². The van der Waals surface area contributed by atoms with Crippen molar-refractivity contribution in [3.05, 3.63) is 72.0 Å². The standard InChI is InChI=1S/C18H14FNO2/c1-22-17-10-13-6-3-2-5-12(13)9-16(17)18(21)20-15-8-4-7-14(19)11-15/h2-11H,1H3,(H,20,21). The van der Waals surface area contributed by atoms with Gasteiger partial charge in [0.25, 0.3) is 5.91 Å². The maximum absolute atomic E-state index is 13.2. The Labute approximate surface area is 127 Å². The van der Waals surface area contributed by atoms with Gasteiger partial charge in [-0.1, -0.05) is 30.3 Å². The Kier molecular flexibility index (Phi) is 3.74. The van der Waals surface area contributed by atoms with E-state index in [0.29, 0.717) is 17.0 Å². The van der Waals surface area contributed by atoms with Crippen molar-refractivity contribution in [1.29, 1.82) is 0 Å². The Morgan fingerprint density at radius 1 is 1.00 bits per heavy atom. The van der Waals surface area contributed by atoms with Crippen LogP contribution in [-0.4, -0.2) is 13.0 Å². The normalized spacial score (nSPS) is 10.5. The van der Waals surface area contributed by atoms with Gasteiger partial charge in [-0.25, -0.2) is 4.39 Å². The topological polar surface area (TPSA) is 38.3 Å². The second kappa shape index (κ2) is 5.85. The molecular formula is C18H14FNO2. The molecule has 0 aromatic heterocycles. The van der Waals surface area contributed by atoms with E-state index >= 15 is 0 Å². The van der Waals surface area contributed by atoms with Gasteiger partial charge in [0.15, 0.2) is 0 Å². The lowest BCUT2D eigenvalue weighted by molar-refractivity contribution is 0.102. The molecule has 1 amide bonds. The first-order valence-electron chi connectivity index (χ1n) is 6.81. The van der Waals surface area contributed by atoms with Crippen LogP contribution in [0.25, 0.3) is 10.8 Å². The fraction of sp³-hybridized carbons (Fsp3) is 0.0556. The molecule has 0 aliphatic rings. The fourth-order valence-corrected chi connectivity index (χ4v) is 2.33. The van der Waals surface area contributed by atoms with Gasteiger partial charge < -0.3 is 10.1 Å². The van der Waals surface area contributed by atoms with Gasteiger partial charge in [-0.3, -0.25) is 4.79 Å². The predicted molar refractivity (Wildman–Crippen MR) is 84.9 cm³/mol. The summed E-state index contributed by atoms with van der Waals surface area (Å²) in [6, 6.07) is 17.1. The minimum Gasteiger partial charge on any atom is -0.496 e. The Bertz CT molecular complexity index is 845. The number of ether oxygens (including phenoxy) is 1. The monoisotopic (exact) mass is 295 g/mol. The number of carbonyl (C=O) groups excluding carboxylic acids is 1. The highest BCUT2D eigenvalue weighted by atomic mass is 19.1. The molecule has 0 saturated heterocycles. The van der Waals surface area contributed by atoms with Crippen molar-refractivity contribution in [2.45, 2.75) is 0 Å². The molecule has 22 heavy (non-hydrogen) atoms. The molecule has 3 nitrogen and oxygen atoms in total. The van der Waals surface area contributed by atoms with Crippen LogP contribution in [0.5, 0.6) is 5.75 Å². The van der Waals surface area contributed by atoms with Gasteiger partial charge in [-0.2, -0.15) is 0 Å². The molecule has 0 aliphatic carbocycles. The molecule has 1 N–H and O–H groups in total. The Balaban J connectivity index is 1.99. The van der Waals surface area contributed by atoms with Crippen molar-refractivity contribution in [1.82, 2.24) is 0 Å². The summed E-state index contributed by atoms with van der Waals surface area (Å²) in [5.74, 6) is -0.260. The lowest BCUT2D eigenvalue weighted by Crippen LogP contribution is -2.13. The zero-order chi connectivity index (χ0) is 15.5. The van der Waals surface area contributed by atoms with Gasteiger partial charge in [0.05, 0.1) is 12.7 Å². The van der Waals surface area contributed by atoms with Crippen molar-refractivity contribution in [2.24, 2.45) is 0 Å². The Hall–Kier alpha value is -2.88. The van der Waals surface area contributed by atoms with Crippen LogP contribution in [0, 0.1) is 5.82 Å². The highest BCUT2D eigenvalue weighted by molar-refractivity contribution is 6.08. The van der Waals surface area contributed by atoms with Crippen LogP contribution in [0.2, 0.25) is 0 Å². The van der Waals surface area contributed by atoms with E-state index in [9.17, 15) is 9.18 Å². The van der Waals surface area contributed by atoms with E-state index in [4.69, 9.17) is 4.74 Å². The number of rotatable bonds is 3. The van der Waals surface area contributed by atoms with Crippen molar-refractivity contribution in [3.63, 3.8) is 0 Å². The smallest absolute Gasteiger partial charge is 0.259 e. The van der Waals surface area contributed by atoms with E-state index in [1.165, 1.54) is 19.2 Å². The number of hydrogen-bond donors (Lipinski definition) is 1. The fourth-order valence-electron chi connectivity index (χ4n) is 2.33. The quantitative estimate of drug-likeness (QED) is 0.785. The Morgan fingerprint density at radius 2 is 1.73 bits per heavy atom. The maximum atomic E-state index is 13.2. The van der Waals surface area contributed by atoms with E-state index in [1.807, 2.05) is 30.3 Å². The maximum Gasteiger partial charge on any atom is 0.259 e. The first-order valence-corrected chi connectivity index (χ1v) is 6.81. The molecule has 4 heteroatoms. The number of anilines is 1. The molecule has 0 unspecified atom stereocenters. The van der Waals surface area contributed by atoms with Crippen molar-refractivity contribution in [3.8, 4) is 5.75 Å². The summed E-state index contributed by atoms with van der Waals surface area (Å²) < 4.78 is 18.5. The van der Waals surface area contributed by atoms with Gasteiger partial charge in [0.1, 0.15) is 11.6 Å². The van der Waals surface area contributed by atoms with Gasteiger partial charge >= 0.3 is 0 Å². The molecule has 3 rings (SSSR count). The molecule has 0 saturated carbocycles. The van der Waals surface area contributed by atoms with E-state index in [0.717, 1.165) is 10.8 Å². The minimum atomic E-state index is -0.400. The molecule has 0 radical (unpaired) electrons. The lowest BCUT2D eigenvalue weighted by atomic mass is 10.1. The summed E-state index contributed by atoms with van der Waals surface area (Å²) in [5, 5.41) is 4.60. The van der Waals surface area contributed by atoms with Gasteiger partial charge in [-0.05, 0) is 41.1 Å². The largest absolute Gasteiger partial charge is 0.496 e. The molecule has 0 atom stereocenters. The van der Waals surface area contributed by atoms with Crippen LogP contribution in [-0.2, 0) is 0 Å². The van der Waals surface area contributed by atoms with Crippen LogP contribution < -0.4 is 10.1 Å². The summed E-state index contributed by atoms with van der Waals surface area (Å²) in [7, 11) is 1.52. The number of fused-ring (bicyclic) bond motifs is 1. The molecule has 0 heterocycles. The first-order chi connectivity index (χ1) is 10.7. The molecule has 0 spiro atoms. The van der Waals surface area contributed by atoms with Gasteiger partial charge in [0.2, 0.25) is 0 Å². The summed E-state index contributed by atoms with van der Waals surface area (Å²) in [6.45, 7) is 0. The van der Waals surface area contributed by atoms with E-state index in [1.54, 1.807) is 18.2 Å². The number of amides is 1. The SMILES string of the molecule is COc1cc2ccccc2cc1C(=O)Nc1cccc(F)c1. The number of halogens is 1. The minimum absolute atomic E-state index is 0.340. The van der Waals surface area contributed by atoms with Crippen molar-refractivity contribution < 1.29 is 13.9 Å². The number of hydrogen-bond acceptors (Lipinski definition) is 2. The summed E-state index contributed by atoms with van der Waals surface area (Å²) >= 11 is 0. The molecule has 0 aliphatic heterocycles. The van der Waals surface area contributed by atoms with Crippen LogP contribution in [0.15, 0.2) is 60.7 Å². The third-order valence-corrected chi connectivity index (χ3v) is 3.39. The van der Waals surface area contributed by atoms with Crippen molar-refractivity contribution in [2.75, 3.05) is 12.4 Å². The average molecular weight is 295 g/mol. The highest BCUT2D eigenvalue weighted by Crippen LogP contribution is 2.26. The second-order valence-corrected chi connectivity index (χ2v) is 4.86. The molecule has 0 fully saturated rings. The molecule has 3 aromatic rings. The first kappa shape index (κ1) is 14.1. The van der Waals surface area contributed by atoms with Crippen LogP contribution in [0.3, 0.4) is 0 Å². The predicted octanol–water partition coefficient (Wildman–Crippen LogP) is 4.24. The van der Waals surface area contributed by atoms with E-state index < -0.39 is 5.82 Å². The van der Waals surface area contributed by atoms with E-state index in [-0.39, 0.29) is 5.91 Å². The highest BCUT2D eigenvalue weighted by Gasteiger charge is 2.14. The molecular weight excluding hydrogens is 281 g/mol. The zero-order valence-electron chi connectivity index (χ0n) is 12.0. The number of methoxy groups -OCH3 is 1. The third kappa shape index (κ3) is 2.76. The number of nitrogens with one attached hydrogen (secondary N) is 1. The summed E-state index contributed by atoms with van der Waals surface area (Å²) in [6.07, 6.45) is 0. The number of benzene rings is 3. The summed E-state index contributed by atoms with van der Waals surface area (Å²) in [5.41, 5.74) is 0.811. The number of carbonyl (C=O) groups is 1. The third-order valence-electron chi connectivity index (χ3n) is 3.39. The molecule has 3 aromatic carbocycles. The molecule has 0 bridgehead atoms. The van der Waals surface area contributed by atoms with Gasteiger partial charge in [0, 0.05) is 5.69 Å². The van der Waals surface area contributed by atoms with Crippen LogP contribution >= 0.6 is 0 Å². The zero-order valence-corrected chi connectivity index (χ0v) is 12.0.